The monoisotopic (exact) mass is 693 g/mol. The first-order valence-corrected chi connectivity index (χ1v) is 17.3. The Morgan fingerprint density at radius 3 is 2.74 bits per heavy atom. The van der Waals surface area contributed by atoms with Gasteiger partial charge in [-0.3, -0.25) is 9.36 Å². The lowest BCUT2D eigenvalue weighted by atomic mass is 10.1. The van der Waals surface area contributed by atoms with Crippen molar-refractivity contribution in [2.45, 2.75) is 37.6 Å². The number of nitrogens with one attached hydrogen (secondary N) is 2. The van der Waals surface area contributed by atoms with Crippen molar-refractivity contribution in [3.63, 3.8) is 0 Å². The zero-order valence-electron chi connectivity index (χ0n) is 27.9. The van der Waals surface area contributed by atoms with Crippen molar-refractivity contribution in [2.75, 3.05) is 43.6 Å². The molecule has 12 nitrogen and oxygen atoms in total. The minimum Gasteiger partial charge on any atom is -0.430 e. The van der Waals surface area contributed by atoms with Crippen molar-refractivity contribution >= 4 is 46.0 Å². The third-order valence-corrected chi connectivity index (χ3v) is 9.14. The number of hydrogen-bond donors (Lipinski definition) is 2. The molecular formula is C36H36FN9O3S. The summed E-state index contributed by atoms with van der Waals surface area (Å²) in [6.45, 7) is 3.48. The van der Waals surface area contributed by atoms with E-state index in [1.54, 1.807) is 24.7 Å². The minimum atomic E-state index is -0.457. The van der Waals surface area contributed by atoms with Crippen LogP contribution in [0, 0.1) is 12.7 Å². The number of carbonyl (C=O) groups is 1. The van der Waals surface area contributed by atoms with E-state index in [2.05, 4.69) is 40.5 Å². The van der Waals surface area contributed by atoms with Crippen LogP contribution in [0.15, 0.2) is 83.1 Å². The molecule has 1 fully saturated rings. The Bertz CT molecular complexity index is 2130. The summed E-state index contributed by atoms with van der Waals surface area (Å²) in [7, 11) is 3.96. The van der Waals surface area contributed by atoms with Gasteiger partial charge in [-0.2, -0.15) is 4.98 Å². The van der Waals surface area contributed by atoms with E-state index in [4.69, 9.17) is 9.15 Å². The van der Waals surface area contributed by atoms with Crippen LogP contribution < -0.4 is 10.6 Å². The molecule has 0 spiro atoms. The number of ether oxygens (including phenoxy) is 1. The first-order chi connectivity index (χ1) is 24.3. The molecule has 2 aromatic carbocycles. The van der Waals surface area contributed by atoms with Gasteiger partial charge in [-0.1, -0.05) is 17.8 Å². The number of fused-ring (bicyclic) bond motifs is 1. The fourth-order valence-corrected chi connectivity index (χ4v) is 6.61. The van der Waals surface area contributed by atoms with Crippen molar-refractivity contribution in [3.05, 3.63) is 90.5 Å². The number of halogens is 1. The lowest BCUT2D eigenvalue weighted by Gasteiger charge is -2.23. The van der Waals surface area contributed by atoms with Crippen LogP contribution >= 0.6 is 11.8 Å². The Hall–Kier alpha value is -5.18. The summed E-state index contributed by atoms with van der Waals surface area (Å²) in [5.74, 6) is 0.714. The Morgan fingerprint density at radius 2 is 1.94 bits per heavy atom. The van der Waals surface area contributed by atoms with Gasteiger partial charge in [0, 0.05) is 47.6 Å². The molecule has 256 valence electrons. The Balaban J connectivity index is 1.15. The van der Waals surface area contributed by atoms with Gasteiger partial charge in [-0.15, -0.1) is 0 Å². The van der Waals surface area contributed by atoms with E-state index in [1.807, 2.05) is 55.9 Å². The summed E-state index contributed by atoms with van der Waals surface area (Å²) >= 11 is 1.41. The van der Waals surface area contributed by atoms with Crippen molar-refractivity contribution in [1.29, 1.82) is 0 Å². The molecule has 1 unspecified atom stereocenters. The van der Waals surface area contributed by atoms with Crippen LogP contribution in [0.3, 0.4) is 0 Å². The van der Waals surface area contributed by atoms with Crippen LogP contribution in [-0.2, 0) is 4.74 Å². The van der Waals surface area contributed by atoms with Gasteiger partial charge in [0.05, 0.1) is 6.33 Å². The summed E-state index contributed by atoms with van der Waals surface area (Å²) < 4.78 is 27.7. The van der Waals surface area contributed by atoms with Gasteiger partial charge in [-0.05, 0) is 94.4 Å². The average Bonchev–Trinajstić information content (AvgIpc) is 3.76. The van der Waals surface area contributed by atoms with Gasteiger partial charge >= 0.3 is 0 Å². The summed E-state index contributed by atoms with van der Waals surface area (Å²) in [6, 6.07) is 15.1. The molecule has 14 heteroatoms. The molecule has 50 heavy (non-hydrogen) atoms. The number of imidazole rings is 1. The molecule has 0 aliphatic carbocycles. The van der Waals surface area contributed by atoms with Gasteiger partial charge in [0.25, 0.3) is 11.1 Å². The number of amides is 1. The normalized spacial score (nSPS) is 14.7. The van der Waals surface area contributed by atoms with Crippen LogP contribution in [0.4, 0.5) is 21.6 Å². The topological polar surface area (TPSA) is 136 Å². The summed E-state index contributed by atoms with van der Waals surface area (Å²) in [5, 5.41) is 6.78. The fourth-order valence-electron chi connectivity index (χ4n) is 5.68. The Labute approximate surface area is 292 Å². The predicted molar refractivity (Wildman–Crippen MR) is 191 cm³/mol. The molecule has 1 amide bonds. The molecule has 2 N–H and O–H groups in total. The molecule has 1 aliphatic heterocycles. The highest BCUT2D eigenvalue weighted by Gasteiger charge is 2.24. The molecular weight excluding hydrogens is 658 g/mol. The third kappa shape index (κ3) is 7.22. The maximum absolute atomic E-state index is 13.7. The summed E-state index contributed by atoms with van der Waals surface area (Å²) in [5.41, 5.74) is 5.59. The number of oxazole rings is 1. The van der Waals surface area contributed by atoms with Crippen molar-refractivity contribution in [2.24, 2.45) is 0 Å². The highest BCUT2D eigenvalue weighted by molar-refractivity contribution is 7.99. The zero-order valence-corrected chi connectivity index (χ0v) is 28.7. The van der Waals surface area contributed by atoms with Crippen LogP contribution in [0.1, 0.15) is 41.5 Å². The van der Waals surface area contributed by atoms with Gasteiger partial charge in [0.1, 0.15) is 35.4 Å². The van der Waals surface area contributed by atoms with Crippen LogP contribution in [0.25, 0.3) is 33.7 Å². The molecule has 7 rings (SSSR count). The number of nitrogens with zero attached hydrogens (tertiary/aromatic N) is 7. The van der Waals surface area contributed by atoms with Crippen LogP contribution in [-0.4, -0.2) is 73.3 Å². The number of benzene rings is 2. The zero-order chi connectivity index (χ0) is 34.6. The van der Waals surface area contributed by atoms with Gasteiger partial charge < -0.3 is 24.7 Å². The number of rotatable bonds is 11. The Kier molecular flexibility index (Phi) is 9.83. The molecule has 5 heterocycles. The molecule has 6 aromatic rings. The van der Waals surface area contributed by atoms with Gasteiger partial charge in [0.2, 0.25) is 0 Å². The number of aromatic nitrogens is 6. The van der Waals surface area contributed by atoms with E-state index in [-0.39, 0.29) is 23.5 Å². The van der Waals surface area contributed by atoms with Gasteiger partial charge in [-0.25, -0.2) is 24.3 Å². The molecule has 0 saturated carbocycles. The maximum atomic E-state index is 13.7. The van der Waals surface area contributed by atoms with E-state index >= 15 is 0 Å². The second kappa shape index (κ2) is 14.7. The molecule has 0 bridgehead atoms. The van der Waals surface area contributed by atoms with E-state index in [1.165, 1.54) is 30.2 Å². The van der Waals surface area contributed by atoms with Gasteiger partial charge in [0.15, 0.2) is 17.1 Å². The van der Waals surface area contributed by atoms with Crippen molar-refractivity contribution < 1.29 is 18.3 Å². The molecule has 0 radical (unpaired) electrons. The average molecular weight is 694 g/mol. The fraction of sp³-hybridized carbons (Fsp3) is 0.278. The standard InChI is InChI=1S/C36H36FN9O3S/c1-22-9-14-25(42-35(47)31-32(23-10-12-24(37)13-11-23)49-36(44-31)50-18-16-45(2)3)19-27(22)43-33-26(7-6-15-38-33)29-30-34(40-20-39-29)46(21-41-30)28-8-4-5-17-48-28/h6-7,9-15,19-21,28H,4-5,8,16-18H2,1-3H3,(H,38,43)(H,42,47). The van der Waals surface area contributed by atoms with E-state index in [9.17, 15) is 9.18 Å². The van der Waals surface area contributed by atoms with Crippen LogP contribution in [0.2, 0.25) is 0 Å². The van der Waals surface area contributed by atoms with E-state index in [0.29, 0.717) is 45.8 Å². The van der Waals surface area contributed by atoms with Crippen molar-refractivity contribution in [3.8, 4) is 22.6 Å². The smallest absolute Gasteiger partial charge is 0.278 e. The lowest BCUT2D eigenvalue weighted by Crippen LogP contribution is -2.17. The van der Waals surface area contributed by atoms with E-state index < -0.39 is 5.91 Å². The maximum Gasteiger partial charge on any atom is 0.278 e. The van der Waals surface area contributed by atoms with E-state index in [0.717, 1.165) is 48.4 Å². The number of thioether (sulfide) groups is 1. The SMILES string of the molecule is Cc1ccc(NC(=O)c2nc(SCCN(C)C)oc2-c2ccc(F)cc2)cc1Nc1ncccc1-c1ncnc2c1ncn2C1CCCCO1. The predicted octanol–water partition coefficient (Wildman–Crippen LogP) is 7.34. The highest BCUT2D eigenvalue weighted by atomic mass is 32.2. The second-order valence-electron chi connectivity index (χ2n) is 12.2. The lowest BCUT2D eigenvalue weighted by molar-refractivity contribution is -0.0298. The van der Waals surface area contributed by atoms with Crippen LogP contribution in [0.5, 0.6) is 0 Å². The summed E-state index contributed by atoms with van der Waals surface area (Å²) in [4.78, 5) is 38.8. The molecule has 1 saturated heterocycles. The number of anilines is 3. The first kappa shape index (κ1) is 33.3. The molecule has 1 aliphatic rings. The van der Waals surface area contributed by atoms with Crippen molar-refractivity contribution in [1.82, 2.24) is 34.4 Å². The first-order valence-electron chi connectivity index (χ1n) is 16.3. The quantitative estimate of drug-likeness (QED) is 0.132. The number of pyridine rings is 1. The Morgan fingerprint density at radius 1 is 1.08 bits per heavy atom. The summed E-state index contributed by atoms with van der Waals surface area (Å²) in [6.07, 6.45) is 7.93. The number of carbonyl (C=O) groups excluding carboxylic acids is 1. The second-order valence-corrected chi connectivity index (χ2v) is 13.2. The minimum absolute atomic E-state index is 0.108. The largest absolute Gasteiger partial charge is 0.430 e. The molecule has 1 atom stereocenters. The highest BCUT2D eigenvalue weighted by Crippen LogP contribution is 2.35. The number of aryl methyl sites for hydroxylation is 1. The third-order valence-electron chi connectivity index (χ3n) is 8.33. The number of hydrogen-bond acceptors (Lipinski definition) is 11. The molecule has 4 aromatic heterocycles.